The van der Waals surface area contributed by atoms with E-state index in [-0.39, 0.29) is 23.9 Å². The van der Waals surface area contributed by atoms with Crippen LogP contribution in [-0.2, 0) is 9.59 Å². The van der Waals surface area contributed by atoms with Gasteiger partial charge in [-0.3, -0.25) is 9.59 Å². The molecule has 0 aliphatic carbocycles. The van der Waals surface area contributed by atoms with Crippen LogP contribution < -0.4 is 5.32 Å². The molecule has 3 heterocycles. The Bertz CT molecular complexity index is 548. The number of hydrogen-bond acceptors (Lipinski definition) is 6. The Morgan fingerprint density at radius 2 is 2.24 bits per heavy atom. The maximum atomic E-state index is 12.5. The van der Waals surface area contributed by atoms with Crippen molar-refractivity contribution < 1.29 is 9.59 Å². The normalized spacial score (nSPS) is 24.8. The van der Waals surface area contributed by atoms with Crippen molar-refractivity contribution in [3.63, 3.8) is 0 Å². The van der Waals surface area contributed by atoms with Gasteiger partial charge < -0.3 is 10.2 Å². The molecule has 2 fully saturated rings. The van der Waals surface area contributed by atoms with E-state index in [2.05, 4.69) is 15.5 Å². The molecule has 114 valence electrons. The summed E-state index contributed by atoms with van der Waals surface area (Å²) in [6.45, 7) is 2.52. The standard InChI is InChI=1S/C13H18N4O2S2/c1-8-15-16-13(21-8)20-5-4-12(19)17-9-2-3-10(17)7-14-11(18)6-9/h9-10H,2-7H2,1H3,(H,14,18)/t9-,10+/m1/s1. The van der Waals surface area contributed by atoms with Gasteiger partial charge in [-0.1, -0.05) is 23.1 Å². The lowest BCUT2D eigenvalue weighted by atomic mass is 10.1. The first-order valence-corrected chi connectivity index (χ1v) is 8.94. The Morgan fingerprint density at radius 3 is 3.00 bits per heavy atom. The topological polar surface area (TPSA) is 75.2 Å². The van der Waals surface area contributed by atoms with Gasteiger partial charge in [0.25, 0.3) is 0 Å². The number of nitrogens with one attached hydrogen (secondary N) is 1. The summed E-state index contributed by atoms with van der Waals surface area (Å²) in [6.07, 6.45) is 2.89. The summed E-state index contributed by atoms with van der Waals surface area (Å²) in [5.74, 6) is 0.941. The van der Waals surface area contributed by atoms with Crippen LogP contribution in [0.5, 0.6) is 0 Å². The van der Waals surface area contributed by atoms with E-state index in [1.54, 1.807) is 23.1 Å². The molecule has 2 aliphatic heterocycles. The summed E-state index contributed by atoms with van der Waals surface area (Å²) < 4.78 is 0.913. The highest BCUT2D eigenvalue weighted by atomic mass is 32.2. The Kier molecular flexibility index (Phi) is 4.44. The number of amides is 2. The molecule has 0 saturated carbocycles. The van der Waals surface area contributed by atoms with Gasteiger partial charge in [-0.15, -0.1) is 10.2 Å². The Labute approximate surface area is 131 Å². The monoisotopic (exact) mass is 326 g/mol. The largest absolute Gasteiger partial charge is 0.354 e. The molecular weight excluding hydrogens is 308 g/mol. The number of aryl methyl sites for hydroxylation is 1. The number of hydrogen-bond donors (Lipinski definition) is 1. The first kappa shape index (κ1) is 14.8. The maximum absolute atomic E-state index is 12.5. The molecule has 2 saturated heterocycles. The molecule has 1 N–H and O–H groups in total. The molecular formula is C13H18N4O2S2. The van der Waals surface area contributed by atoms with Gasteiger partial charge in [-0.05, 0) is 19.8 Å². The number of carbonyl (C=O) groups is 2. The fraction of sp³-hybridized carbons (Fsp3) is 0.692. The minimum absolute atomic E-state index is 0.0683. The third-order valence-corrected chi connectivity index (χ3v) is 5.89. The summed E-state index contributed by atoms with van der Waals surface area (Å²) >= 11 is 3.13. The van der Waals surface area contributed by atoms with Crippen LogP contribution in [0.4, 0.5) is 0 Å². The molecule has 0 aromatic carbocycles. The van der Waals surface area contributed by atoms with Gasteiger partial charge in [-0.25, -0.2) is 0 Å². The molecule has 1 aromatic heterocycles. The van der Waals surface area contributed by atoms with Crippen molar-refractivity contribution in [3.05, 3.63) is 5.01 Å². The van der Waals surface area contributed by atoms with Gasteiger partial charge in [0.1, 0.15) is 5.01 Å². The van der Waals surface area contributed by atoms with Crippen LogP contribution in [0, 0.1) is 6.92 Å². The second kappa shape index (κ2) is 6.31. The molecule has 2 bridgehead atoms. The van der Waals surface area contributed by atoms with Gasteiger partial charge >= 0.3 is 0 Å². The average molecular weight is 326 g/mol. The lowest BCUT2D eigenvalue weighted by Gasteiger charge is -2.27. The predicted molar refractivity (Wildman–Crippen MR) is 81.3 cm³/mol. The highest BCUT2D eigenvalue weighted by Gasteiger charge is 2.39. The average Bonchev–Trinajstić information content (AvgIpc) is 2.97. The van der Waals surface area contributed by atoms with Crippen LogP contribution in [0.3, 0.4) is 0 Å². The molecule has 2 amide bonds. The van der Waals surface area contributed by atoms with Gasteiger partial charge in [0.2, 0.25) is 11.8 Å². The van der Waals surface area contributed by atoms with E-state index in [1.807, 2.05) is 11.8 Å². The third kappa shape index (κ3) is 3.37. The van der Waals surface area contributed by atoms with Gasteiger partial charge in [0.05, 0.1) is 0 Å². The summed E-state index contributed by atoms with van der Waals surface area (Å²) in [6, 6.07) is 0.279. The fourth-order valence-electron chi connectivity index (χ4n) is 2.98. The number of fused-ring (bicyclic) bond motifs is 2. The molecule has 0 unspecified atom stereocenters. The van der Waals surface area contributed by atoms with Gasteiger partial charge in [0, 0.05) is 37.2 Å². The number of nitrogens with zero attached hydrogens (tertiary/aromatic N) is 3. The van der Waals surface area contributed by atoms with Crippen LogP contribution in [0.1, 0.15) is 30.7 Å². The molecule has 0 spiro atoms. The fourth-order valence-corrected chi connectivity index (χ4v) is 4.79. The van der Waals surface area contributed by atoms with Gasteiger partial charge in [-0.2, -0.15) is 0 Å². The maximum Gasteiger partial charge on any atom is 0.223 e. The van der Waals surface area contributed by atoms with Crippen molar-refractivity contribution >= 4 is 34.9 Å². The number of carbonyl (C=O) groups excluding carboxylic acids is 2. The highest BCUT2D eigenvalue weighted by Crippen LogP contribution is 2.30. The minimum Gasteiger partial charge on any atom is -0.354 e. The summed E-state index contributed by atoms with van der Waals surface area (Å²) in [5, 5.41) is 11.8. The van der Waals surface area contributed by atoms with Crippen molar-refractivity contribution in [2.75, 3.05) is 12.3 Å². The van der Waals surface area contributed by atoms with E-state index < -0.39 is 0 Å². The van der Waals surface area contributed by atoms with Crippen molar-refractivity contribution in [2.24, 2.45) is 0 Å². The zero-order valence-electron chi connectivity index (χ0n) is 11.9. The molecule has 8 heteroatoms. The molecule has 21 heavy (non-hydrogen) atoms. The van der Waals surface area contributed by atoms with Crippen LogP contribution in [-0.4, -0.2) is 51.3 Å². The second-order valence-corrected chi connectivity index (χ2v) is 7.90. The van der Waals surface area contributed by atoms with E-state index in [0.717, 1.165) is 22.2 Å². The van der Waals surface area contributed by atoms with Crippen LogP contribution >= 0.6 is 23.1 Å². The molecule has 1 aromatic rings. The SMILES string of the molecule is Cc1nnc(SCCC(=O)N2[C@@H]3CC[C@H]2CNC(=O)C3)s1. The van der Waals surface area contributed by atoms with Gasteiger partial charge in [0.15, 0.2) is 4.34 Å². The Morgan fingerprint density at radius 1 is 1.43 bits per heavy atom. The van der Waals surface area contributed by atoms with Crippen molar-refractivity contribution in [1.82, 2.24) is 20.4 Å². The summed E-state index contributed by atoms with van der Waals surface area (Å²) in [7, 11) is 0. The molecule has 3 rings (SSSR count). The van der Waals surface area contributed by atoms with E-state index >= 15 is 0 Å². The zero-order valence-corrected chi connectivity index (χ0v) is 13.5. The number of rotatable bonds is 4. The van der Waals surface area contributed by atoms with Crippen LogP contribution in [0.25, 0.3) is 0 Å². The van der Waals surface area contributed by atoms with Crippen molar-refractivity contribution in [1.29, 1.82) is 0 Å². The zero-order chi connectivity index (χ0) is 14.8. The first-order chi connectivity index (χ1) is 10.1. The highest BCUT2D eigenvalue weighted by molar-refractivity contribution is 8.01. The Balaban J connectivity index is 1.54. The lowest BCUT2D eigenvalue weighted by molar-refractivity contribution is -0.133. The number of aromatic nitrogens is 2. The van der Waals surface area contributed by atoms with Crippen molar-refractivity contribution in [2.45, 2.75) is 49.0 Å². The summed E-state index contributed by atoms with van der Waals surface area (Å²) in [4.78, 5) is 26.0. The molecule has 0 radical (unpaired) electrons. The Hall–Kier alpha value is -1.15. The number of thioether (sulfide) groups is 1. The van der Waals surface area contributed by atoms with Crippen LogP contribution in [0.2, 0.25) is 0 Å². The minimum atomic E-state index is 0.0683. The summed E-state index contributed by atoms with van der Waals surface area (Å²) in [5.41, 5.74) is 0. The predicted octanol–water partition coefficient (Wildman–Crippen LogP) is 1.21. The van der Waals surface area contributed by atoms with Crippen LogP contribution in [0.15, 0.2) is 4.34 Å². The lowest BCUT2D eigenvalue weighted by Crippen LogP contribution is -2.42. The molecule has 2 aliphatic rings. The molecule has 6 nitrogen and oxygen atoms in total. The van der Waals surface area contributed by atoms with E-state index in [0.29, 0.717) is 25.1 Å². The third-order valence-electron chi connectivity index (χ3n) is 3.91. The first-order valence-electron chi connectivity index (χ1n) is 7.14. The van der Waals surface area contributed by atoms with E-state index in [9.17, 15) is 9.59 Å². The van der Waals surface area contributed by atoms with E-state index in [4.69, 9.17) is 0 Å². The smallest absolute Gasteiger partial charge is 0.223 e. The quantitative estimate of drug-likeness (QED) is 0.842. The van der Waals surface area contributed by atoms with E-state index in [1.165, 1.54) is 0 Å². The van der Waals surface area contributed by atoms with Crippen molar-refractivity contribution in [3.8, 4) is 0 Å². The second-order valence-electron chi connectivity index (χ2n) is 5.38. The molecule has 2 atom stereocenters.